The van der Waals surface area contributed by atoms with E-state index in [1.165, 1.54) is 5.56 Å². The van der Waals surface area contributed by atoms with Gasteiger partial charge in [-0.15, -0.1) is 5.52 Å². The normalized spacial score (nSPS) is 11.7. The minimum Gasteiger partial charge on any atom is -0.663 e. The van der Waals surface area contributed by atoms with Crippen molar-refractivity contribution in [2.75, 3.05) is 0 Å². The van der Waals surface area contributed by atoms with E-state index in [9.17, 15) is 5.11 Å². The van der Waals surface area contributed by atoms with Crippen molar-refractivity contribution in [1.82, 2.24) is 19.5 Å². The number of imidazole rings is 1. The van der Waals surface area contributed by atoms with Crippen molar-refractivity contribution >= 4 is 32.8 Å². The molecule has 0 saturated heterocycles. The maximum atomic E-state index is 11.1. The summed E-state index contributed by atoms with van der Waals surface area (Å²) < 4.78 is 2.26. The molecular formula is C46H35N4OPt-. The molecule has 0 aliphatic rings. The molecule has 9 rings (SSSR count). The topological polar surface area (TPSA) is 65.0 Å². The fourth-order valence-electron chi connectivity index (χ4n) is 7.15. The Kier molecular flexibility index (Phi) is 8.40. The number of nitrogens with zero attached hydrogens (tertiary/aromatic N) is 4. The minimum absolute atomic E-state index is 0. The van der Waals surface area contributed by atoms with Crippen LogP contribution in [-0.4, -0.2) is 19.6 Å². The summed E-state index contributed by atoms with van der Waals surface area (Å²) in [5, 5.41) is 13.1. The van der Waals surface area contributed by atoms with Crippen LogP contribution in [0, 0.1) is 0 Å². The number of phenolic OH excluding ortho intramolecular Hbond substituents is 1. The first-order valence-electron chi connectivity index (χ1n) is 17.3. The number of benzene rings is 6. The molecule has 0 spiro atoms. The van der Waals surface area contributed by atoms with Crippen LogP contribution in [0.2, 0.25) is 0 Å². The van der Waals surface area contributed by atoms with Crippen molar-refractivity contribution < 1.29 is 26.2 Å². The third-order valence-electron chi connectivity index (χ3n) is 9.78. The van der Waals surface area contributed by atoms with E-state index in [1.54, 1.807) is 6.07 Å². The van der Waals surface area contributed by atoms with E-state index in [4.69, 9.17) is 15.0 Å². The largest absolute Gasteiger partial charge is 0.663 e. The molecule has 3 heterocycles. The van der Waals surface area contributed by atoms with Gasteiger partial charge in [-0.25, -0.2) is 9.97 Å². The Morgan fingerprint density at radius 2 is 1.31 bits per heavy atom. The molecule has 0 bridgehead atoms. The first-order chi connectivity index (χ1) is 24.8. The zero-order valence-electron chi connectivity index (χ0n) is 29.0. The van der Waals surface area contributed by atoms with Crippen LogP contribution in [0.15, 0.2) is 152 Å². The van der Waals surface area contributed by atoms with Crippen molar-refractivity contribution in [2.45, 2.75) is 26.2 Å². The van der Waals surface area contributed by atoms with Crippen molar-refractivity contribution in [3.8, 4) is 56.3 Å². The molecule has 256 valence electrons. The van der Waals surface area contributed by atoms with Gasteiger partial charge in [0.2, 0.25) is 0 Å². The molecule has 9 aromatic rings. The van der Waals surface area contributed by atoms with Crippen molar-refractivity contribution in [2.24, 2.45) is 0 Å². The molecule has 0 radical (unpaired) electrons. The van der Waals surface area contributed by atoms with Gasteiger partial charge in [0.05, 0.1) is 16.7 Å². The molecule has 0 unspecified atom stereocenters. The van der Waals surface area contributed by atoms with Crippen LogP contribution in [0.3, 0.4) is 0 Å². The molecule has 6 aromatic carbocycles. The average Bonchev–Trinajstić information content (AvgIpc) is 3.80. The molecule has 52 heavy (non-hydrogen) atoms. The summed E-state index contributed by atoms with van der Waals surface area (Å²) in [7, 11) is 0. The monoisotopic (exact) mass is 854 g/mol. The van der Waals surface area contributed by atoms with Gasteiger partial charge in [0.1, 0.15) is 17.1 Å². The molecule has 0 aliphatic heterocycles. The quantitative estimate of drug-likeness (QED) is 0.187. The summed E-state index contributed by atoms with van der Waals surface area (Å²) in [6.45, 7) is 6.72. The van der Waals surface area contributed by atoms with E-state index < -0.39 is 0 Å². The van der Waals surface area contributed by atoms with E-state index in [1.807, 2.05) is 42.6 Å². The van der Waals surface area contributed by atoms with Gasteiger partial charge in [-0.2, -0.15) is 6.20 Å². The van der Waals surface area contributed by atoms with Gasteiger partial charge in [-0.3, -0.25) is 4.57 Å². The van der Waals surface area contributed by atoms with Crippen molar-refractivity contribution in [1.29, 1.82) is 0 Å². The van der Waals surface area contributed by atoms with Crippen LogP contribution >= 0.6 is 0 Å². The third-order valence-corrected chi connectivity index (χ3v) is 9.78. The van der Waals surface area contributed by atoms with Crippen LogP contribution in [0.1, 0.15) is 26.3 Å². The van der Waals surface area contributed by atoms with Crippen LogP contribution in [0.4, 0.5) is 0 Å². The number of aromatic hydroxyl groups is 1. The fraction of sp³-hybridized carbons (Fsp3) is 0.0870. The zero-order valence-corrected chi connectivity index (χ0v) is 31.3. The Balaban J connectivity index is 0.00000387. The summed E-state index contributed by atoms with van der Waals surface area (Å²) in [6, 6.07) is 49.9. The molecule has 6 heteroatoms. The molecule has 5 nitrogen and oxygen atoms in total. The van der Waals surface area contributed by atoms with Gasteiger partial charge >= 0.3 is 0 Å². The second kappa shape index (κ2) is 13.1. The number of hydrogen-bond acceptors (Lipinski definition) is 3. The first-order valence-corrected chi connectivity index (χ1v) is 17.3. The molecule has 0 atom stereocenters. The second-order valence-electron chi connectivity index (χ2n) is 14.1. The van der Waals surface area contributed by atoms with E-state index in [0.717, 1.165) is 77.9 Å². The number of pyridine rings is 1. The Hall–Kier alpha value is -5.77. The third kappa shape index (κ3) is 5.72. The fourth-order valence-corrected chi connectivity index (χ4v) is 7.15. The van der Waals surface area contributed by atoms with E-state index in [-0.39, 0.29) is 32.2 Å². The molecule has 0 fully saturated rings. The Morgan fingerprint density at radius 1 is 0.596 bits per heavy atom. The van der Waals surface area contributed by atoms with Crippen molar-refractivity contribution in [3.63, 3.8) is 0 Å². The predicted octanol–water partition coefficient (Wildman–Crippen LogP) is 11.4. The predicted molar refractivity (Wildman–Crippen MR) is 209 cm³/mol. The maximum absolute atomic E-state index is 11.1. The van der Waals surface area contributed by atoms with Gasteiger partial charge < -0.3 is 10.1 Å². The van der Waals surface area contributed by atoms with Gasteiger partial charge in [-0.1, -0.05) is 130 Å². The van der Waals surface area contributed by atoms with E-state index >= 15 is 0 Å². The average molecular weight is 855 g/mol. The smallest absolute Gasteiger partial charge is 0.144 e. The van der Waals surface area contributed by atoms with Crippen LogP contribution in [0.5, 0.6) is 5.75 Å². The standard InChI is InChI=1S/C46H35N4O.Pt/c1-46(2,3)33-25-32-23-24-47-42(32)38(27-33)45-49-43-36(39-28-37(30-15-8-5-9-16-30)35-19-12-22-41(51)44(35)48-39)20-11-21-40(43)50(45)34-18-10-17-31(26-34)29-13-6-4-7-14-29;/h4-28H,1-3H3,(H-,47,48,49,51);/q-1;. The number of phenols is 1. The summed E-state index contributed by atoms with van der Waals surface area (Å²) in [4.78, 5) is 15.5. The summed E-state index contributed by atoms with van der Waals surface area (Å²) in [6.07, 6.45) is 1.88. The molecule has 0 amide bonds. The van der Waals surface area contributed by atoms with Gasteiger partial charge in [0.15, 0.2) is 0 Å². The summed E-state index contributed by atoms with van der Waals surface area (Å²) >= 11 is 0. The van der Waals surface area contributed by atoms with Crippen LogP contribution in [-0.2, 0) is 26.5 Å². The Labute approximate surface area is 316 Å². The zero-order chi connectivity index (χ0) is 34.7. The first kappa shape index (κ1) is 33.4. The van der Waals surface area contributed by atoms with Crippen LogP contribution < -0.4 is 4.98 Å². The maximum Gasteiger partial charge on any atom is 0.144 e. The number of aromatic nitrogens is 4. The number of hydrogen-bond donors (Lipinski definition) is 1. The Bertz CT molecular complexity index is 2740. The number of para-hydroxylation sites is 2. The summed E-state index contributed by atoms with van der Waals surface area (Å²) in [5.74, 6) is 0.954. The van der Waals surface area contributed by atoms with E-state index in [2.05, 4.69) is 128 Å². The van der Waals surface area contributed by atoms with Gasteiger partial charge in [-0.05, 0) is 75.0 Å². The SMILES string of the molecule is CC(C)(C)c1cc(-c2nc3c(-c4cc(-c5ccccc5)c5cccc(O)c5n4)cccc3n2-c2cccc(-c3ccccc3)c2)c2[n-]ccc2c1.[Pt]. The van der Waals surface area contributed by atoms with Crippen molar-refractivity contribution in [3.05, 3.63) is 157 Å². The van der Waals surface area contributed by atoms with Gasteiger partial charge in [0.25, 0.3) is 0 Å². The van der Waals surface area contributed by atoms with Crippen LogP contribution in [0.25, 0.3) is 83.4 Å². The van der Waals surface area contributed by atoms with Gasteiger partial charge in [0, 0.05) is 43.3 Å². The minimum atomic E-state index is -0.0830. The summed E-state index contributed by atoms with van der Waals surface area (Å²) in [5.41, 5.74) is 12.3. The molecule has 0 aliphatic carbocycles. The van der Waals surface area contributed by atoms with E-state index in [0.29, 0.717) is 5.52 Å². The number of rotatable bonds is 5. The second-order valence-corrected chi connectivity index (χ2v) is 14.1. The molecule has 3 aromatic heterocycles. The number of fused-ring (bicyclic) bond motifs is 3. The Morgan fingerprint density at radius 3 is 2.08 bits per heavy atom. The molecule has 1 N–H and O–H groups in total. The molecule has 0 saturated carbocycles. The molecular weight excluding hydrogens is 820 g/mol.